The fourth-order valence-corrected chi connectivity index (χ4v) is 2.06. The lowest BCUT2D eigenvalue weighted by atomic mass is 9.98. The van der Waals surface area contributed by atoms with Gasteiger partial charge in [-0.3, -0.25) is 14.4 Å². The topological polar surface area (TPSA) is 162 Å². The molecule has 3 unspecified atom stereocenters. The lowest BCUT2D eigenvalue weighted by Gasteiger charge is -2.21. The summed E-state index contributed by atoms with van der Waals surface area (Å²) in [6.45, 7) is 0. The molecule has 0 saturated heterocycles. The van der Waals surface area contributed by atoms with Crippen LogP contribution in [0.2, 0.25) is 0 Å². The molecule has 0 aliphatic heterocycles. The molecule has 1 aromatic rings. The fraction of sp³-hybridized carbons (Fsp3) is 0.333. The number of carboxylic acids is 1. The van der Waals surface area contributed by atoms with E-state index in [0.29, 0.717) is 0 Å². The van der Waals surface area contributed by atoms with Crippen molar-refractivity contribution < 1.29 is 29.0 Å². The minimum atomic E-state index is -1.90. The predicted octanol–water partition coefficient (Wildman–Crippen LogP) is -1.60. The van der Waals surface area contributed by atoms with E-state index in [-0.39, 0.29) is 6.42 Å². The van der Waals surface area contributed by atoms with Gasteiger partial charge in [-0.1, -0.05) is 30.3 Å². The van der Waals surface area contributed by atoms with E-state index < -0.39 is 41.8 Å². The zero-order chi connectivity index (χ0) is 18.3. The summed E-state index contributed by atoms with van der Waals surface area (Å²) in [5.41, 5.74) is 11.2. The average Bonchev–Trinajstić information content (AvgIpc) is 2.53. The Morgan fingerprint density at radius 3 is 2.25 bits per heavy atom. The molecule has 24 heavy (non-hydrogen) atoms. The number of primary amides is 1. The van der Waals surface area contributed by atoms with Gasteiger partial charge >= 0.3 is 11.9 Å². The molecule has 0 aliphatic rings. The maximum absolute atomic E-state index is 12.1. The van der Waals surface area contributed by atoms with Crippen LogP contribution in [-0.2, 0) is 30.3 Å². The predicted molar refractivity (Wildman–Crippen MR) is 82.4 cm³/mol. The van der Waals surface area contributed by atoms with Crippen LogP contribution < -0.4 is 16.8 Å². The molecule has 6 N–H and O–H groups in total. The summed E-state index contributed by atoms with van der Waals surface area (Å²) in [7, 11) is 1.15. The van der Waals surface area contributed by atoms with Gasteiger partial charge in [0.05, 0.1) is 7.11 Å². The molecule has 0 saturated carbocycles. The number of hydrogen-bond donors (Lipinski definition) is 4. The van der Waals surface area contributed by atoms with Crippen molar-refractivity contribution in [2.24, 2.45) is 17.4 Å². The van der Waals surface area contributed by atoms with E-state index in [9.17, 15) is 19.2 Å². The molecule has 3 atom stereocenters. The van der Waals surface area contributed by atoms with Crippen molar-refractivity contribution in [3.8, 4) is 0 Å². The normalized spacial score (nSPS) is 14.1. The summed E-state index contributed by atoms with van der Waals surface area (Å²) in [5, 5.41) is 11.2. The largest absolute Gasteiger partial charge is 0.481 e. The van der Waals surface area contributed by atoms with Gasteiger partial charge in [0, 0.05) is 6.42 Å². The lowest BCUT2D eigenvalue weighted by molar-refractivity contribution is -0.150. The molecule has 0 spiro atoms. The van der Waals surface area contributed by atoms with Crippen LogP contribution in [0.15, 0.2) is 30.3 Å². The standard InChI is InChI=1S/C15H19N3O6/c1-24-15(23)9(7-8-5-3-2-4-6-8)18-13(20)11(16)10(12(17)19)14(21)22/h2-6,9-11H,7,16H2,1H3,(H2,17,19)(H,18,20)(H,21,22). The Kier molecular flexibility index (Phi) is 6.87. The van der Waals surface area contributed by atoms with E-state index in [0.717, 1.165) is 12.7 Å². The van der Waals surface area contributed by atoms with Crippen LogP contribution in [0.25, 0.3) is 0 Å². The van der Waals surface area contributed by atoms with Crippen LogP contribution in [-0.4, -0.2) is 48.1 Å². The third-order valence-electron chi connectivity index (χ3n) is 3.32. The summed E-state index contributed by atoms with van der Waals surface area (Å²) in [5.74, 6) is -6.50. The monoisotopic (exact) mass is 337 g/mol. The Morgan fingerprint density at radius 2 is 1.79 bits per heavy atom. The van der Waals surface area contributed by atoms with Crippen molar-refractivity contribution in [3.05, 3.63) is 35.9 Å². The number of carbonyl (C=O) groups excluding carboxylic acids is 3. The van der Waals surface area contributed by atoms with Gasteiger partial charge in [-0.2, -0.15) is 0 Å². The molecule has 0 aliphatic carbocycles. The second-order valence-electron chi connectivity index (χ2n) is 5.02. The van der Waals surface area contributed by atoms with Crippen molar-refractivity contribution in [2.45, 2.75) is 18.5 Å². The van der Waals surface area contributed by atoms with Crippen LogP contribution in [0, 0.1) is 5.92 Å². The highest BCUT2D eigenvalue weighted by molar-refractivity contribution is 6.02. The van der Waals surface area contributed by atoms with Crippen molar-refractivity contribution in [1.82, 2.24) is 5.32 Å². The summed E-state index contributed by atoms with van der Waals surface area (Å²) in [6, 6.07) is 5.96. The van der Waals surface area contributed by atoms with Crippen molar-refractivity contribution >= 4 is 23.8 Å². The quantitative estimate of drug-likeness (QED) is 0.328. The summed E-state index contributed by atoms with van der Waals surface area (Å²) in [4.78, 5) is 46.1. The number of nitrogens with two attached hydrogens (primary N) is 2. The molecule has 9 heteroatoms. The third-order valence-corrected chi connectivity index (χ3v) is 3.32. The molecule has 1 aromatic carbocycles. The first-order chi connectivity index (χ1) is 11.3. The SMILES string of the molecule is COC(=O)C(Cc1ccccc1)NC(=O)C(N)C(C(N)=O)C(=O)O. The van der Waals surface area contributed by atoms with E-state index in [1.807, 2.05) is 0 Å². The highest BCUT2D eigenvalue weighted by Gasteiger charge is 2.37. The molecule has 130 valence electrons. The second kappa shape index (κ2) is 8.63. The summed E-state index contributed by atoms with van der Waals surface area (Å²) >= 11 is 0. The number of nitrogens with one attached hydrogen (secondary N) is 1. The van der Waals surface area contributed by atoms with E-state index >= 15 is 0 Å². The average molecular weight is 337 g/mol. The first kappa shape index (κ1) is 19.1. The van der Waals surface area contributed by atoms with Gasteiger partial charge in [0.15, 0.2) is 5.92 Å². The van der Waals surface area contributed by atoms with E-state index in [4.69, 9.17) is 16.6 Å². The Balaban J connectivity index is 2.89. The van der Waals surface area contributed by atoms with Gasteiger partial charge in [0.2, 0.25) is 11.8 Å². The van der Waals surface area contributed by atoms with Gasteiger partial charge in [0.25, 0.3) is 0 Å². The summed E-state index contributed by atoms with van der Waals surface area (Å²) < 4.78 is 4.62. The maximum atomic E-state index is 12.1. The van der Waals surface area contributed by atoms with Crippen LogP contribution in [0.5, 0.6) is 0 Å². The molecule has 0 aromatic heterocycles. The number of aliphatic carboxylic acids is 1. The van der Waals surface area contributed by atoms with E-state index in [1.165, 1.54) is 0 Å². The lowest BCUT2D eigenvalue weighted by Crippen LogP contribution is -2.56. The molecular formula is C15H19N3O6. The number of amides is 2. The van der Waals surface area contributed by atoms with Gasteiger partial charge in [-0.05, 0) is 5.56 Å². The number of carboxylic acid groups (broad SMARTS) is 1. The number of carbonyl (C=O) groups is 4. The number of benzene rings is 1. The number of esters is 1. The van der Waals surface area contributed by atoms with Crippen LogP contribution in [0.4, 0.5) is 0 Å². The number of ether oxygens (including phenoxy) is 1. The Morgan fingerprint density at radius 1 is 1.21 bits per heavy atom. The Labute approximate surface area is 137 Å². The number of hydrogen-bond acceptors (Lipinski definition) is 6. The van der Waals surface area contributed by atoms with Gasteiger partial charge < -0.3 is 26.6 Å². The zero-order valence-corrected chi connectivity index (χ0v) is 13.0. The smallest absolute Gasteiger partial charge is 0.328 e. The molecular weight excluding hydrogens is 318 g/mol. The second-order valence-corrected chi connectivity index (χ2v) is 5.02. The molecule has 1 rings (SSSR count). The van der Waals surface area contributed by atoms with Crippen LogP contribution in [0.1, 0.15) is 5.56 Å². The van der Waals surface area contributed by atoms with Gasteiger partial charge in [-0.15, -0.1) is 0 Å². The number of rotatable bonds is 8. The van der Waals surface area contributed by atoms with Crippen molar-refractivity contribution in [1.29, 1.82) is 0 Å². The van der Waals surface area contributed by atoms with Crippen LogP contribution in [0.3, 0.4) is 0 Å². The first-order valence-corrected chi connectivity index (χ1v) is 6.97. The molecule has 0 fully saturated rings. The minimum Gasteiger partial charge on any atom is -0.481 e. The Bertz CT molecular complexity index is 605. The maximum Gasteiger partial charge on any atom is 0.328 e. The first-order valence-electron chi connectivity index (χ1n) is 6.97. The van der Waals surface area contributed by atoms with E-state index in [2.05, 4.69) is 10.1 Å². The third kappa shape index (κ3) is 5.06. The van der Waals surface area contributed by atoms with Gasteiger partial charge in [0.1, 0.15) is 12.1 Å². The molecule has 0 bridgehead atoms. The molecule has 2 amide bonds. The highest BCUT2D eigenvalue weighted by atomic mass is 16.5. The minimum absolute atomic E-state index is 0.111. The van der Waals surface area contributed by atoms with Gasteiger partial charge in [-0.25, -0.2) is 4.79 Å². The fourth-order valence-electron chi connectivity index (χ4n) is 2.06. The van der Waals surface area contributed by atoms with E-state index in [1.54, 1.807) is 30.3 Å². The van der Waals surface area contributed by atoms with Crippen molar-refractivity contribution in [2.75, 3.05) is 7.11 Å². The molecule has 0 radical (unpaired) electrons. The zero-order valence-electron chi connectivity index (χ0n) is 13.0. The highest BCUT2D eigenvalue weighted by Crippen LogP contribution is 2.07. The molecule has 0 heterocycles. The van der Waals surface area contributed by atoms with Crippen molar-refractivity contribution in [3.63, 3.8) is 0 Å². The number of methoxy groups -OCH3 is 1. The van der Waals surface area contributed by atoms with Crippen LogP contribution >= 0.6 is 0 Å². The Hall–Kier alpha value is -2.94. The summed E-state index contributed by atoms with van der Waals surface area (Å²) in [6.07, 6.45) is 0.111. The molecule has 9 nitrogen and oxygen atoms in total.